The number of hydrogen-bond acceptors (Lipinski definition) is 4. The predicted molar refractivity (Wildman–Crippen MR) is 60.6 cm³/mol. The van der Waals surface area contributed by atoms with Crippen LogP contribution in [0.1, 0.15) is 11.4 Å². The van der Waals surface area contributed by atoms with Gasteiger partial charge in [-0.2, -0.15) is 5.10 Å². The molecule has 0 fully saturated rings. The number of sulfone groups is 1. The molecule has 0 spiro atoms. The molecule has 2 aromatic rings. The maximum Gasteiger partial charge on any atom is 0.248 e. The Morgan fingerprint density at radius 2 is 2.00 bits per heavy atom. The molecule has 7 heteroatoms. The molecule has 0 N–H and O–H groups in total. The highest BCUT2D eigenvalue weighted by atomic mass is 35.5. The van der Waals surface area contributed by atoms with Crippen molar-refractivity contribution in [3.63, 3.8) is 0 Å². The summed E-state index contributed by atoms with van der Waals surface area (Å²) >= 11 is 6.03. The molecule has 0 bridgehead atoms. The van der Waals surface area contributed by atoms with E-state index in [2.05, 4.69) is 10.1 Å². The second-order valence-electron chi connectivity index (χ2n) is 3.65. The Kier molecular flexibility index (Phi) is 2.43. The van der Waals surface area contributed by atoms with E-state index in [1.165, 1.54) is 4.52 Å². The molecule has 0 radical (unpaired) electrons. The van der Waals surface area contributed by atoms with Crippen LogP contribution < -0.4 is 0 Å². The lowest BCUT2D eigenvalue weighted by molar-refractivity contribution is 0.584. The lowest BCUT2D eigenvalue weighted by Crippen LogP contribution is -2.10. The molecule has 5 nitrogen and oxygen atoms in total. The first-order chi connectivity index (χ1) is 7.30. The summed E-state index contributed by atoms with van der Waals surface area (Å²) in [7, 11) is -3.42. The van der Waals surface area contributed by atoms with Crippen molar-refractivity contribution in [1.82, 2.24) is 14.6 Å². The van der Waals surface area contributed by atoms with Crippen molar-refractivity contribution in [2.24, 2.45) is 0 Å². The third-order valence-electron chi connectivity index (χ3n) is 2.15. The van der Waals surface area contributed by atoms with Crippen molar-refractivity contribution in [2.45, 2.75) is 19.0 Å². The maximum atomic E-state index is 11.6. The van der Waals surface area contributed by atoms with Gasteiger partial charge in [0.25, 0.3) is 0 Å². The number of aromatic nitrogens is 3. The zero-order valence-corrected chi connectivity index (χ0v) is 10.6. The van der Waals surface area contributed by atoms with Gasteiger partial charge in [0.2, 0.25) is 15.0 Å². The largest absolute Gasteiger partial charge is 0.248 e. The summed E-state index contributed by atoms with van der Waals surface area (Å²) in [4.78, 5) is 3.98. The van der Waals surface area contributed by atoms with Gasteiger partial charge in [0, 0.05) is 11.9 Å². The summed E-state index contributed by atoms with van der Waals surface area (Å²) in [6, 6.07) is 1.71. The van der Waals surface area contributed by atoms with Crippen LogP contribution >= 0.6 is 11.6 Å². The molecule has 86 valence electrons. The minimum atomic E-state index is -3.42. The van der Waals surface area contributed by atoms with Gasteiger partial charge in [-0.05, 0) is 19.9 Å². The summed E-state index contributed by atoms with van der Waals surface area (Å²) in [6.07, 6.45) is 1.10. The first-order valence-electron chi connectivity index (χ1n) is 4.53. The van der Waals surface area contributed by atoms with Gasteiger partial charge in [-0.25, -0.2) is 17.9 Å². The second-order valence-corrected chi connectivity index (χ2v) is 5.94. The average molecular weight is 260 g/mol. The van der Waals surface area contributed by atoms with Gasteiger partial charge >= 0.3 is 0 Å². The van der Waals surface area contributed by atoms with Crippen molar-refractivity contribution in [1.29, 1.82) is 0 Å². The molecule has 16 heavy (non-hydrogen) atoms. The van der Waals surface area contributed by atoms with Crippen LogP contribution in [0.3, 0.4) is 0 Å². The first-order valence-corrected chi connectivity index (χ1v) is 6.80. The molecule has 0 saturated carbocycles. The Morgan fingerprint density at radius 3 is 2.56 bits per heavy atom. The van der Waals surface area contributed by atoms with Crippen LogP contribution in [-0.4, -0.2) is 29.3 Å². The number of nitrogens with zero attached hydrogens (tertiary/aromatic N) is 3. The normalized spacial score (nSPS) is 12.2. The van der Waals surface area contributed by atoms with Crippen LogP contribution in [0, 0.1) is 13.8 Å². The number of hydrogen-bond donors (Lipinski definition) is 0. The van der Waals surface area contributed by atoms with Crippen molar-refractivity contribution < 1.29 is 8.42 Å². The van der Waals surface area contributed by atoms with E-state index in [-0.39, 0.29) is 5.16 Å². The summed E-state index contributed by atoms with van der Waals surface area (Å²) in [5, 5.41) is 4.43. The van der Waals surface area contributed by atoms with Crippen molar-refractivity contribution in [3.05, 3.63) is 22.5 Å². The minimum absolute atomic E-state index is 0.0856. The van der Waals surface area contributed by atoms with E-state index in [0.29, 0.717) is 21.9 Å². The smallest absolute Gasteiger partial charge is 0.224 e. The zero-order chi connectivity index (χ0) is 12.1. The molecule has 0 saturated heterocycles. The second kappa shape index (κ2) is 3.43. The fraction of sp³-hybridized carbons (Fsp3) is 0.333. The van der Waals surface area contributed by atoms with Gasteiger partial charge in [-0.3, -0.25) is 0 Å². The lowest BCUT2D eigenvalue weighted by Gasteiger charge is -2.02. The van der Waals surface area contributed by atoms with Gasteiger partial charge in [0.05, 0.1) is 16.2 Å². The number of rotatable bonds is 1. The van der Waals surface area contributed by atoms with Gasteiger partial charge in [-0.1, -0.05) is 11.6 Å². The van der Waals surface area contributed by atoms with Gasteiger partial charge in [0.1, 0.15) is 0 Å². The van der Waals surface area contributed by atoms with E-state index in [1.54, 1.807) is 19.9 Å². The van der Waals surface area contributed by atoms with Gasteiger partial charge in [-0.15, -0.1) is 0 Å². The van der Waals surface area contributed by atoms with Crippen LogP contribution in [0.15, 0.2) is 11.2 Å². The number of halogens is 1. The van der Waals surface area contributed by atoms with Crippen molar-refractivity contribution in [2.75, 3.05) is 6.26 Å². The first kappa shape index (κ1) is 11.3. The fourth-order valence-electron chi connectivity index (χ4n) is 1.46. The molecule has 0 amide bonds. The Balaban J connectivity index is 3.00. The topological polar surface area (TPSA) is 64.3 Å². The highest BCUT2D eigenvalue weighted by Crippen LogP contribution is 2.23. The Labute approximate surface area is 98.0 Å². The van der Waals surface area contributed by atoms with Gasteiger partial charge < -0.3 is 0 Å². The van der Waals surface area contributed by atoms with Crippen LogP contribution in [0.2, 0.25) is 5.02 Å². The summed E-state index contributed by atoms with van der Waals surface area (Å²) in [6.45, 7) is 3.43. The van der Waals surface area contributed by atoms with E-state index in [0.717, 1.165) is 6.26 Å². The zero-order valence-electron chi connectivity index (χ0n) is 9.02. The maximum absolute atomic E-state index is 11.6. The van der Waals surface area contributed by atoms with E-state index < -0.39 is 9.84 Å². The number of fused-ring (bicyclic) bond motifs is 1. The standard InChI is InChI=1S/C9H10ClN3O2S/c1-5-4-7-8(10)6(2)12-13(7)9(11-5)16(3,14)15/h4H,1-3H3. The SMILES string of the molecule is Cc1cc2c(Cl)c(C)nn2c(S(C)(=O)=O)n1. The molecule has 2 rings (SSSR count). The van der Waals surface area contributed by atoms with E-state index >= 15 is 0 Å². The highest BCUT2D eigenvalue weighted by molar-refractivity contribution is 7.90. The quantitative estimate of drug-likeness (QED) is 0.727. The van der Waals surface area contributed by atoms with E-state index in [1.807, 2.05) is 0 Å². The monoisotopic (exact) mass is 259 g/mol. The van der Waals surface area contributed by atoms with Crippen LogP contribution in [0.4, 0.5) is 0 Å². The Bertz CT molecular complexity index is 676. The number of aryl methyl sites for hydroxylation is 2. The minimum Gasteiger partial charge on any atom is -0.224 e. The predicted octanol–water partition coefficient (Wildman–Crippen LogP) is 1.40. The summed E-state index contributed by atoms with van der Waals surface area (Å²) in [5.74, 6) is 0. The van der Waals surface area contributed by atoms with Crippen LogP contribution in [0.5, 0.6) is 0 Å². The highest BCUT2D eigenvalue weighted by Gasteiger charge is 2.18. The molecule has 2 heterocycles. The van der Waals surface area contributed by atoms with Crippen LogP contribution in [0.25, 0.3) is 5.52 Å². The Morgan fingerprint density at radius 1 is 1.38 bits per heavy atom. The fourth-order valence-corrected chi connectivity index (χ4v) is 2.40. The molecule has 2 aromatic heterocycles. The molecule has 0 aliphatic carbocycles. The van der Waals surface area contributed by atoms with E-state index in [4.69, 9.17) is 11.6 Å². The molecule has 0 aromatic carbocycles. The molecular weight excluding hydrogens is 250 g/mol. The van der Waals surface area contributed by atoms with Crippen molar-refractivity contribution >= 4 is 27.0 Å². The average Bonchev–Trinajstić information content (AvgIpc) is 2.42. The summed E-state index contributed by atoms with van der Waals surface area (Å²) < 4.78 is 24.4. The molecular formula is C9H10ClN3O2S. The summed E-state index contributed by atoms with van der Waals surface area (Å²) in [5.41, 5.74) is 1.74. The lowest BCUT2D eigenvalue weighted by atomic mass is 10.3. The van der Waals surface area contributed by atoms with E-state index in [9.17, 15) is 8.42 Å². The third kappa shape index (κ3) is 1.68. The Hall–Kier alpha value is -1.14. The van der Waals surface area contributed by atoms with Crippen LogP contribution in [-0.2, 0) is 9.84 Å². The van der Waals surface area contributed by atoms with Crippen molar-refractivity contribution in [3.8, 4) is 0 Å². The third-order valence-corrected chi connectivity index (χ3v) is 3.55. The molecule has 0 aliphatic rings. The molecule has 0 unspecified atom stereocenters. The molecule has 0 atom stereocenters. The molecule has 0 aliphatic heterocycles. The van der Waals surface area contributed by atoms with Gasteiger partial charge in [0.15, 0.2) is 0 Å².